The fraction of sp³-hybridized carbons (Fsp3) is 0.556. The molecule has 3 nitrogen and oxygen atoms in total. The van der Waals surface area contributed by atoms with Crippen LogP contribution in [0.1, 0.15) is 0 Å². The summed E-state index contributed by atoms with van der Waals surface area (Å²) in [7, 11) is 0. The van der Waals surface area contributed by atoms with Gasteiger partial charge in [0.2, 0.25) is 0 Å². The average Bonchev–Trinajstić information content (AvgIpc) is 2.89. The van der Waals surface area contributed by atoms with Crippen molar-refractivity contribution < 1.29 is 14.6 Å². The standard InChI is InChI=1S/C6H10O.C3H6O2/c1-3-5-7-6-4-2;4-1-3-2-5-3/h3-4H,1-2,5-6H2;3-4H,1-2H2. The van der Waals surface area contributed by atoms with Crippen LogP contribution in [0.2, 0.25) is 0 Å². The lowest BCUT2D eigenvalue weighted by molar-refractivity contribution is 0.194. The van der Waals surface area contributed by atoms with Crippen LogP contribution in [0.25, 0.3) is 0 Å². The summed E-state index contributed by atoms with van der Waals surface area (Å²) in [5.74, 6) is 0. The summed E-state index contributed by atoms with van der Waals surface area (Å²) in [4.78, 5) is 0. The van der Waals surface area contributed by atoms with Crippen LogP contribution in [-0.2, 0) is 9.47 Å². The van der Waals surface area contributed by atoms with Gasteiger partial charge in [0.15, 0.2) is 0 Å². The van der Waals surface area contributed by atoms with Crippen molar-refractivity contribution in [2.75, 3.05) is 26.4 Å². The molecule has 12 heavy (non-hydrogen) atoms. The van der Waals surface area contributed by atoms with Gasteiger partial charge < -0.3 is 14.6 Å². The van der Waals surface area contributed by atoms with E-state index in [4.69, 9.17) is 9.84 Å². The Bertz CT molecular complexity index is 111. The molecule has 1 fully saturated rings. The second kappa shape index (κ2) is 8.46. The number of hydrogen-bond acceptors (Lipinski definition) is 3. The highest BCUT2D eigenvalue weighted by molar-refractivity contribution is 4.68. The van der Waals surface area contributed by atoms with Crippen LogP contribution in [0, 0.1) is 0 Å². The molecule has 0 radical (unpaired) electrons. The lowest BCUT2D eigenvalue weighted by atomic mass is 10.5. The smallest absolute Gasteiger partial charge is 0.104 e. The minimum atomic E-state index is 0.190. The molecule has 70 valence electrons. The van der Waals surface area contributed by atoms with Crippen LogP contribution in [0.15, 0.2) is 25.3 Å². The molecule has 0 aromatic carbocycles. The predicted molar refractivity (Wildman–Crippen MR) is 48.0 cm³/mol. The summed E-state index contributed by atoms with van der Waals surface area (Å²) in [6.07, 6.45) is 3.61. The summed E-state index contributed by atoms with van der Waals surface area (Å²) in [6.45, 7) is 9.14. The van der Waals surface area contributed by atoms with Crippen LogP contribution >= 0.6 is 0 Å². The summed E-state index contributed by atoms with van der Waals surface area (Å²) in [5.41, 5.74) is 0. The predicted octanol–water partition coefficient (Wildman–Crippen LogP) is 0.752. The van der Waals surface area contributed by atoms with Crippen molar-refractivity contribution in [3.63, 3.8) is 0 Å². The lowest BCUT2D eigenvalue weighted by Crippen LogP contribution is -1.88. The fourth-order valence-electron chi connectivity index (χ4n) is 0.408. The first-order chi connectivity index (χ1) is 5.85. The third-order valence-corrected chi connectivity index (χ3v) is 1.08. The Labute approximate surface area is 73.3 Å². The van der Waals surface area contributed by atoms with E-state index in [0.29, 0.717) is 13.2 Å². The third kappa shape index (κ3) is 9.36. The Balaban J connectivity index is 0.000000211. The van der Waals surface area contributed by atoms with Gasteiger partial charge in [-0.1, -0.05) is 12.2 Å². The Morgan fingerprint density at radius 1 is 1.42 bits per heavy atom. The molecular weight excluding hydrogens is 156 g/mol. The molecule has 0 aromatic heterocycles. The summed E-state index contributed by atoms with van der Waals surface area (Å²) < 4.78 is 9.50. The molecular formula is C9H16O3. The molecule has 0 aliphatic carbocycles. The van der Waals surface area contributed by atoms with Crippen LogP contribution in [0.4, 0.5) is 0 Å². The van der Waals surface area contributed by atoms with Crippen LogP contribution in [0.5, 0.6) is 0 Å². The number of hydrogen-bond donors (Lipinski definition) is 1. The van der Waals surface area contributed by atoms with Gasteiger partial charge >= 0.3 is 0 Å². The van der Waals surface area contributed by atoms with Crippen molar-refractivity contribution in [1.29, 1.82) is 0 Å². The first-order valence-electron chi connectivity index (χ1n) is 3.87. The number of aliphatic hydroxyl groups excluding tert-OH is 1. The molecule has 1 aliphatic heterocycles. The van der Waals surface area contributed by atoms with E-state index in [1.165, 1.54) is 0 Å². The Morgan fingerprint density at radius 2 is 1.92 bits per heavy atom. The normalized spacial score (nSPS) is 18.9. The van der Waals surface area contributed by atoms with Gasteiger partial charge in [0, 0.05) is 0 Å². The zero-order valence-corrected chi connectivity index (χ0v) is 7.24. The van der Waals surface area contributed by atoms with Gasteiger partial charge in [-0.05, 0) is 0 Å². The fourth-order valence-corrected chi connectivity index (χ4v) is 0.408. The molecule has 0 amide bonds. The van der Waals surface area contributed by atoms with Gasteiger partial charge in [-0.2, -0.15) is 0 Å². The van der Waals surface area contributed by atoms with E-state index in [2.05, 4.69) is 17.9 Å². The van der Waals surface area contributed by atoms with E-state index in [-0.39, 0.29) is 12.7 Å². The molecule has 1 rings (SSSR count). The van der Waals surface area contributed by atoms with Gasteiger partial charge in [-0.15, -0.1) is 13.2 Å². The maximum Gasteiger partial charge on any atom is 0.104 e. The van der Waals surface area contributed by atoms with E-state index < -0.39 is 0 Å². The quantitative estimate of drug-likeness (QED) is 0.378. The Morgan fingerprint density at radius 3 is 2.08 bits per heavy atom. The van der Waals surface area contributed by atoms with Crippen LogP contribution < -0.4 is 0 Å². The maximum atomic E-state index is 8.08. The maximum absolute atomic E-state index is 8.08. The molecule has 1 atom stereocenters. The van der Waals surface area contributed by atoms with E-state index in [0.717, 1.165) is 6.61 Å². The number of ether oxygens (including phenoxy) is 2. The van der Waals surface area contributed by atoms with E-state index >= 15 is 0 Å². The monoisotopic (exact) mass is 172 g/mol. The molecule has 1 aliphatic rings. The molecule has 0 aromatic rings. The first kappa shape index (κ1) is 11.4. The van der Waals surface area contributed by atoms with Crippen LogP contribution in [-0.4, -0.2) is 37.6 Å². The zero-order chi connectivity index (χ0) is 9.23. The summed E-state index contributed by atoms with van der Waals surface area (Å²) in [5, 5.41) is 8.08. The van der Waals surface area contributed by atoms with Gasteiger partial charge in [0.05, 0.1) is 26.4 Å². The highest BCUT2D eigenvalue weighted by atomic mass is 16.6. The molecule has 0 bridgehead atoms. The minimum Gasteiger partial charge on any atom is -0.394 e. The highest BCUT2D eigenvalue weighted by Gasteiger charge is 2.19. The zero-order valence-electron chi connectivity index (χ0n) is 7.24. The molecule has 1 saturated heterocycles. The van der Waals surface area contributed by atoms with Gasteiger partial charge in [-0.25, -0.2) is 0 Å². The summed E-state index contributed by atoms with van der Waals surface area (Å²) in [6, 6.07) is 0. The second-order valence-electron chi connectivity index (χ2n) is 2.25. The van der Waals surface area contributed by atoms with Crippen molar-refractivity contribution in [2.45, 2.75) is 6.10 Å². The second-order valence-corrected chi connectivity index (χ2v) is 2.25. The lowest BCUT2D eigenvalue weighted by Gasteiger charge is -1.89. The Hall–Kier alpha value is -0.640. The molecule has 0 saturated carbocycles. The van der Waals surface area contributed by atoms with Crippen molar-refractivity contribution in [1.82, 2.24) is 0 Å². The van der Waals surface area contributed by atoms with Gasteiger partial charge in [-0.3, -0.25) is 0 Å². The van der Waals surface area contributed by atoms with Crippen LogP contribution in [0.3, 0.4) is 0 Å². The topological polar surface area (TPSA) is 42.0 Å². The minimum absolute atomic E-state index is 0.190. The first-order valence-corrected chi connectivity index (χ1v) is 3.87. The van der Waals surface area contributed by atoms with Gasteiger partial charge in [0.25, 0.3) is 0 Å². The highest BCUT2D eigenvalue weighted by Crippen LogP contribution is 2.04. The number of aliphatic hydroxyl groups is 1. The molecule has 1 heterocycles. The SMILES string of the molecule is C=CCOCC=C.OCC1CO1. The van der Waals surface area contributed by atoms with Crippen molar-refractivity contribution in [2.24, 2.45) is 0 Å². The molecule has 1 unspecified atom stereocenters. The number of rotatable bonds is 5. The third-order valence-electron chi connectivity index (χ3n) is 1.08. The van der Waals surface area contributed by atoms with Crippen molar-refractivity contribution in [3.8, 4) is 0 Å². The van der Waals surface area contributed by atoms with Crippen molar-refractivity contribution in [3.05, 3.63) is 25.3 Å². The number of epoxide rings is 1. The largest absolute Gasteiger partial charge is 0.394 e. The van der Waals surface area contributed by atoms with E-state index in [1.807, 2.05) is 0 Å². The molecule has 3 heteroatoms. The Kier molecular flexibility index (Phi) is 8.01. The molecule has 0 spiro atoms. The van der Waals surface area contributed by atoms with E-state index in [9.17, 15) is 0 Å². The average molecular weight is 172 g/mol. The molecule has 1 N–H and O–H groups in total. The van der Waals surface area contributed by atoms with Gasteiger partial charge in [0.1, 0.15) is 6.10 Å². The van der Waals surface area contributed by atoms with Crippen molar-refractivity contribution >= 4 is 0 Å². The summed E-state index contributed by atoms with van der Waals surface area (Å²) >= 11 is 0. The van der Waals surface area contributed by atoms with E-state index in [1.54, 1.807) is 12.2 Å².